The Balaban J connectivity index is 1.28. The molecule has 2 saturated heterocycles. The molecule has 2 aliphatic heterocycles. The van der Waals surface area contributed by atoms with E-state index in [0.29, 0.717) is 38.9 Å². The lowest BCUT2D eigenvalue weighted by atomic mass is 9.99. The van der Waals surface area contributed by atoms with Crippen LogP contribution in [-0.4, -0.2) is 41.4 Å². The summed E-state index contributed by atoms with van der Waals surface area (Å²) in [5, 5.41) is 21.7. The van der Waals surface area contributed by atoms with Crippen LogP contribution in [0.25, 0.3) is 0 Å². The maximum atomic E-state index is 12.4. The highest BCUT2D eigenvalue weighted by Gasteiger charge is 2.31. The number of ether oxygens (including phenoxy) is 4. The van der Waals surface area contributed by atoms with E-state index in [-0.39, 0.29) is 23.6 Å². The van der Waals surface area contributed by atoms with E-state index in [1.54, 1.807) is 24.3 Å². The second kappa shape index (κ2) is 10.6. The van der Waals surface area contributed by atoms with Crippen LogP contribution in [0.3, 0.4) is 0 Å². The maximum Gasteiger partial charge on any atom is 0.508 e. The van der Waals surface area contributed by atoms with Gasteiger partial charge >= 0.3 is 6.16 Å². The van der Waals surface area contributed by atoms with Crippen LogP contribution < -0.4 is 0 Å². The number of nitrogens with zero attached hydrogens (tertiary/aromatic N) is 2. The summed E-state index contributed by atoms with van der Waals surface area (Å²) in [6.45, 7) is 0.776. The van der Waals surface area contributed by atoms with E-state index in [4.69, 9.17) is 18.9 Å². The first-order chi connectivity index (χ1) is 16.4. The summed E-state index contributed by atoms with van der Waals surface area (Å²) in [4.78, 5) is 33.2. The number of non-ortho nitro benzene ring substituents is 2. The minimum atomic E-state index is -0.760. The van der Waals surface area contributed by atoms with Gasteiger partial charge in [-0.15, -0.1) is 0 Å². The molecule has 0 N–H and O–H groups in total. The molecule has 11 heteroatoms. The van der Waals surface area contributed by atoms with E-state index < -0.39 is 28.2 Å². The van der Waals surface area contributed by atoms with Gasteiger partial charge < -0.3 is 18.9 Å². The molecule has 4 atom stereocenters. The quantitative estimate of drug-likeness (QED) is 0.329. The smallest absolute Gasteiger partial charge is 0.431 e. The minimum Gasteiger partial charge on any atom is -0.431 e. The van der Waals surface area contributed by atoms with Gasteiger partial charge in [-0.3, -0.25) is 20.2 Å². The number of benzene rings is 2. The standard InChI is InChI=1S/C23H24N2O9/c26-23(33-19-9-11-31-21(13-19)15-1-5-17(6-2-15)24(27)28)34-20-10-12-32-22(14-20)16-3-7-18(8-4-16)25(29)30/h1-8,19-22H,9-14H2. The molecule has 0 aliphatic carbocycles. The fraction of sp³-hybridized carbons (Fsp3) is 0.435. The van der Waals surface area contributed by atoms with Gasteiger partial charge in [0.15, 0.2) is 0 Å². The van der Waals surface area contributed by atoms with Crippen LogP contribution in [0, 0.1) is 20.2 Å². The second-order valence-corrected chi connectivity index (χ2v) is 8.19. The number of rotatable bonds is 6. The Labute approximate surface area is 194 Å². The van der Waals surface area contributed by atoms with Crippen molar-refractivity contribution in [1.29, 1.82) is 0 Å². The molecule has 2 fully saturated rings. The molecule has 0 aromatic heterocycles. The van der Waals surface area contributed by atoms with E-state index in [0.717, 1.165) is 11.1 Å². The summed E-state index contributed by atoms with van der Waals surface area (Å²) in [5.74, 6) is 0. The fourth-order valence-electron chi connectivity index (χ4n) is 4.13. The van der Waals surface area contributed by atoms with Crippen molar-refractivity contribution in [3.8, 4) is 0 Å². The highest BCUT2D eigenvalue weighted by atomic mass is 16.7. The predicted octanol–water partition coefficient (Wildman–Crippen LogP) is 4.80. The van der Waals surface area contributed by atoms with Crippen LogP contribution in [0.1, 0.15) is 49.0 Å². The fourth-order valence-corrected chi connectivity index (χ4v) is 4.13. The molecule has 34 heavy (non-hydrogen) atoms. The lowest BCUT2D eigenvalue weighted by Crippen LogP contribution is -2.32. The zero-order chi connectivity index (χ0) is 24.1. The lowest BCUT2D eigenvalue weighted by Gasteiger charge is -2.31. The third kappa shape index (κ3) is 5.86. The third-order valence-corrected chi connectivity index (χ3v) is 5.95. The summed E-state index contributed by atoms with van der Waals surface area (Å²) >= 11 is 0. The molecule has 180 valence electrons. The number of nitro benzene ring substituents is 2. The Morgan fingerprint density at radius 1 is 0.735 bits per heavy atom. The molecular weight excluding hydrogens is 448 g/mol. The molecule has 2 aromatic rings. The Kier molecular flexibility index (Phi) is 7.33. The zero-order valence-corrected chi connectivity index (χ0v) is 18.2. The summed E-state index contributed by atoms with van der Waals surface area (Å²) < 4.78 is 22.6. The molecule has 0 radical (unpaired) electrons. The van der Waals surface area contributed by atoms with E-state index in [2.05, 4.69) is 0 Å². The van der Waals surface area contributed by atoms with Crippen LogP contribution in [0.15, 0.2) is 48.5 Å². The van der Waals surface area contributed by atoms with Crippen LogP contribution >= 0.6 is 0 Å². The summed E-state index contributed by atoms with van der Waals surface area (Å²) in [6.07, 6.45) is -0.320. The van der Waals surface area contributed by atoms with Crippen molar-refractivity contribution in [2.75, 3.05) is 13.2 Å². The van der Waals surface area contributed by atoms with E-state index in [1.807, 2.05) is 0 Å². The van der Waals surface area contributed by atoms with Crippen molar-refractivity contribution in [3.63, 3.8) is 0 Å². The van der Waals surface area contributed by atoms with E-state index in [9.17, 15) is 25.0 Å². The molecule has 2 heterocycles. The molecule has 4 unspecified atom stereocenters. The topological polar surface area (TPSA) is 140 Å². The molecule has 0 saturated carbocycles. The first-order valence-corrected chi connectivity index (χ1v) is 11.0. The number of nitro groups is 2. The first-order valence-electron chi connectivity index (χ1n) is 11.0. The average Bonchev–Trinajstić information content (AvgIpc) is 2.84. The normalized spacial score (nSPS) is 24.7. The lowest BCUT2D eigenvalue weighted by molar-refractivity contribution is -0.385. The van der Waals surface area contributed by atoms with Gasteiger partial charge in [0.05, 0.1) is 35.3 Å². The Morgan fingerprint density at radius 2 is 1.12 bits per heavy atom. The maximum absolute atomic E-state index is 12.4. The SMILES string of the molecule is O=C(OC1CCOC(c2ccc([N+](=O)[O-])cc2)C1)OC1CCOC(c2ccc([N+](=O)[O-])cc2)C1. The van der Waals surface area contributed by atoms with Crippen LogP contribution in [0.4, 0.5) is 16.2 Å². The van der Waals surface area contributed by atoms with Crippen molar-refractivity contribution < 1.29 is 33.6 Å². The van der Waals surface area contributed by atoms with Crippen molar-refractivity contribution in [1.82, 2.24) is 0 Å². The average molecular weight is 472 g/mol. The van der Waals surface area contributed by atoms with Crippen molar-refractivity contribution in [2.24, 2.45) is 0 Å². The van der Waals surface area contributed by atoms with Gasteiger partial charge in [-0.1, -0.05) is 0 Å². The molecule has 0 spiro atoms. The Bertz CT molecular complexity index is 944. The number of carbonyl (C=O) groups excluding carboxylic acids is 1. The van der Waals surface area contributed by atoms with Gasteiger partial charge in [0.25, 0.3) is 11.4 Å². The highest BCUT2D eigenvalue weighted by Crippen LogP contribution is 2.33. The second-order valence-electron chi connectivity index (χ2n) is 8.19. The van der Waals surface area contributed by atoms with Gasteiger partial charge in [0, 0.05) is 49.9 Å². The number of carbonyl (C=O) groups is 1. The van der Waals surface area contributed by atoms with Gasteiger partial charge in [-0.25, -0.2) is 4.79 Å². The van der Waals surface area contributed by atoms with Crippen molar-refractivity contribution >= 4 is 17.5 Å². The molecule has 2 aliphatic rings. The van der Waals surface area contributed by atoms with Gasteiger partial charge in [0.2, 0.25) is 0 Å². The van der Waals surface area contributed by atoms with Gasteiger partial charge in [-0.2, -0.15) is 0 Å². The number of hydrogen-bond donors (Lipinski definition) is 0. The molecule has 2 aromatic carbocycles. The van der Waals surface area contributed by atoms with E-state index in [1.165, 1.54) is 24.3 Å². The van der Waals surface area contributed by atoms with Gasteiger partial charge in [0.1, 0.15) is 12.2 Å². The van der Waals surface area contributed by atoms with Gasteiger partial charge in [-0.05, 0) is 35.4 Å². The molecule has 0 amide bonds. The summed E-state index contributed by atoms with van der Waals surface area (Å²) in [5.41, 5.74) is 1.56. The Hall–Kier alpha value is -3.57. The van der Waals surface area contributed by atoms with Crippen LogP contribution in [0.5, 0.6) is 0 Å². The minimum absolute atomic E-state index is 0.000529. The van der Waals surface area contributed by atoms with Crippen molar-refractivity contribution in [3.05, 3.63) is 79.9 Å². The van der Waals surface area contributed by atoms with Crippen LogP contribution in [-0.2, 0) is 18.9 Å². The molecule has 4 rings (SSSR count). The Morgan fingerprint density at radius 3 is 1.47 bits per heavy atom. The number of hydrogen-bond acceptors (Lipinski definition) is 9. The molecule has 11 nitrogen and oxygen atoms in total. The first kappa shape index (κ1) is 23.6. The molecular formula is C23H24N2O9. The summed E-state index contributed by atoms with van der Waals surface area (Å²) in [6, 6.07) is 12.3. The van der Waals surface area contributed by atoms with Crippen molar-refractivity contribution in [2.45, 2.75) is 50.1 Å². The zero-order valence-electron chi connectivity index (χ0n) is 18.2. The monoisotopic (exact) mass is 472 g/mol. The summed E-state index contributed by atoms with van der Waals surface area (Å²) in [7, 11) is 0. The highest BCUT2D eigenvalue weighted by molar-refractivity contribution is 5.60. The largest absolute Gasteiger partial charge is 0.508 e. The van der Waals surface area contributed by atoms with Crippen LogP contribution in [0.2, 0.25) is 0 Å². The third-order valence-electron chi connectivity index (χ3n) is 5.95. The predicted molar refractivity (Wildman–Crippen MR) is 117 cm³/mol. The molecule has 0 bridgehead atoms. The van der Waals surface area contributed by atoms with E-state index >= 15 is 0 Å².